The lowest BCUT2D eigenvalue weighted by molar-refractivity contribution is -0.138. The molecule has 6 aliphatic rings. The highest BCUT2D eigenvalue weighted by Gasteiger charge is 2.33. The predicted octanol–water partition coefficient (Wildman–Crippen LogP) is 6.53. The Morgan fingerprint density at radius 3 is 1.66 bits per heavy atom. The Bertz CT molecular complexity index is 3250. The van der Waals surface area contributed by atoms with Crippen molar-refractivity contribution in [2.75, 3.05) is 59.6 Å². The van der Waals surface area contributed by atoms with E-state index < -0.39 is 0 Å². The molecule has 10 rings (SSSR count). The summed E-state index contributed by atoms with van der Waals surface area (Å²) in [7, 11) is 1.54. The minimum atomic E-state index is -0.360. The molecule has 0 saturated carbocycles. The third-order valence-electron chi connectivity index (χ3n) is 15.4. The van der Waals surface area contributed by atoms with E-state index in [9.17, 15) is 43.5 Å². The van der Waals surface area contributed by atoms with Crippen LogP contribution in [0.5, 0.6) is 28.7 Å². The van der Waals surface area contributed by atoms with Crippen LogP contribution in [0.4, 0.5) is 11.4 Å². The van der Waals surface area contributed by atoms with E-state index in [0.717, 1.165) is 65.0 Å². The van der Waals surface area contributed by atoms with Crippen LogP contribution in [0.15, 0.2) is 106 Å². The average molecular weight is 1180 g/mol. The van der Waals surface area contributed by atoms with Gasteiger partial charge in [0.05, 0.1) is 61.4 Å². The molecule has 450 valence electrons. The lowest BCUT2D eigenvalue weighted by Crippen LogP contribution is -2.43. The van der Waals surface area contributed by atoms with Crippen LogP contribution < -0.4 is 29.4 Å². The van der Waals surface area contributed by atoms with E-state index in [1.807, 2.05) is 71.6 Å². The van der Waals surface area contributed by atoms with Crippen LogP contribution in [0.1, 0.15) is 114 Å². The Kier molecular flexibility index (Phi) is 20.8. The summed E-state index contributed by atoms with van der Waals surface area (Å²) in [5.74, 6) is 0.709. The number of hydrogen-bond acceptors (Lipinski definition) is 18. The molecule has 6 heterocycles. The number of rotatable bonds is 25. The Labute approximate surface area is 498 Å². The van der Waals surface area contributed by atoms with Gasteiger partial charge >= 0.3 is 0 Å². The van der Waals surface area contributed by atoms with Crippen molar-refractivity contribution in [1.29, 1.82) is 0 Å². The Hall–Kier alpha value is -9.15. The molecule has 6 aliphatic heterocycles. The molecular formula is C64H70N8O14. The van der Waals surface area contributed by atoms with Gasteiger partial charge in [-0.15, -0.1) is 0 Å². The molecule has 2 fully saturated rings. The first-order valence-corrected chi connectivity index (χ1v) is 29.0. The van der Waals surface area contributed by atoms with Gasteiger partial charge in [0, 0.05) is 99.2 Å². The van der Waals surface area contributed by atoms with Gasteiger partial charge in [0.2, 0.25) is 0 Å². The third kappa shape index (κ3) is 15.4. The maximum atomic E-state index is 13.6. The minimum absolute atomic E-state index is 0.00420. The highest BCUT2D eigenvalue weighted by atomic mass is 16.5. The molecule has 6 amide bonds. The molecule has 4 aromatic rings. The number of nitrogens with two attached hydrogens (primary N) is 1. The van der Waals surface area contributed by atoms with E-state index in [1.54, 1.807) is 24.3 Å². The summed E-state index contributed by atoms with van der Waals surface area (Å²) < 4.78 is 30.8. The number of piperidine rings is 2. The SMILES string of the molecule is COc1cc2c(cc1OCc1cc(COc3cc4c(cc3CO)C(=O)N3CCCC[C@H]3C=N4)cc(OCCOc3ccc(C(C)=NCC(=O)CCCN4C(=O)C=CC4=O)cc3)c1)N=C[C@@H]1CCCCN1C2=O.NCC(=O)CCCN1C(=O)C=CC1=O. The van der Waals surface area contributed by atoms with E-state index in [2.05, 4.69) is 4.99 Å². The van der Waals surface area contributed by atoms with Crippen molar-refractivity contribution < 1.29 is 67.1 Å². The molecule has 2 saturated heterocycles. The highest BCUT2D eigenvalue weighted by molar-refractivity contribution is 6.13. The van der Waals surface area contributed by atoms with Crippen LogP contribution in [0.3, 0.4) is 0 Å². The zero-order valence-corrected chi connectivity index (χ0v) is 48.3. The molecule has 4 aromatic carbocycles. The van der Waals surface area contributed by atoms with Gasteiger partial charge in [0.1, 0.15) is 49.5 Å². The van der Waals surface area contributed by atoms with Gasteiger partial charge in [-0.25, -0.2) is 0 Å². The minimum Gasteiger partial charge on any atom is -0.493 e. The van der Waals surface area contributed by atoms with E-state index in [1.165, 1.54) is 31.4 Å². The van der Waals surface area contributed by atoms with Crippen molar-refractivity contribution >= 4 is 76.5 Å². The lowest BCUT2D eigenvalue weighted by Gasteiger charge is -2.32. The van der Waals surface area contributed by atoms with Crippen LogP contribution in [0.2, 0.25) is 0 Å². The first-order chi connectivity index (χ1) is 41.7. The number of fused-ring (bicyclic) bond motifs is 4. The third-order valence-corrected chi connectivity index (χ3v) is 15.4. The summed E-state index contributed by atoms with van der Waals surface area (Å²) in [6.07, 6.45) is 15.7. The van der Waals surface area contributed by atoms with Gasteiger partial charge in [0.25, 0.3) is 35.4 Å². The van der Waals surface area contributed by atoms with Crippen molar-refractivity contribution in [3.8, 4) is 28.7 Å². The van der Waals surface area contributed by atoms with E-state index in [4.69, 9.17) is 39.4 Å². The largest absolute Gasteiger partial charge is 0.493 e. The monoisotopic (exact) mass is 1170 g/mol. The molecule has 22 nitrogen and oxygen atoms in total. The number of nitrogens with zero attached hydrogens (tertiary/aromatic N) is 7. The fraction of sp³-hybridized carbons (Fsp3) is 0.391. The molecule has 0 radical (unpaired) electrons. The summed E-state index contributed by atoms with van der Waals surface area (Å²) in [6, 6.07) is 19.7. The van der Waals surface area contributed by atoms with E-state index >= 15 is 0 Å². The quantitative estimate of drug-likeness (QED) is 0.0406. The van der Waals surface area contributed by atoms with Crippen molar-refractivity contribution in [3.05, 3.63) is 124 Å². The number of imide groups is 2. The zero-order chi connectivity index (χ0) is 60.7. The molecule has 86 heavy (non-hydrogen) atoms. The summed E-state index contributed by atoms with van der Waals surface area (Å²) in [4.78, 5) is 116. The maximum absolute atomic E-state index is 13.6. The second kappa shape index (κ2) is 29.1. The van der Waals surface area contributed by atoms with E-state index in [-0.39, 0.29) is 125 Å². The zero-order valence-electron chi connectivity index (χ0n) is 48.3. The smallest absolute Gasteiger partial charge is 0.256 e. The summed E-state index contributed by atoms with van der Waals surface area (Å²) >= 11 is 0. The average Bonchev–Trinajstić information content (AvgIpc) is 2.07. The standard InChI is InChI=1S/C55H58N6O11.C9H12N2O3/c1-35(56-31-42(63)10-7-19-61-52(64)15-16-53(61)65)38-11-13-43(14-12-38)69-20-21-70-44-23-36(33-71-49-27-47-45(25-39(49)32-62)54(66)59-17-5-3-8-40(59)29-57-47)22-37(24-44)34-72-51-28-48-46(26-50(51)68-2)55(67)60-18-6-4-9-41(60)30-58-48;10-6-7(12)2-1-5-11-8(13)3-4-9(11)14/h11-16,22-30,40-41,62H,3-10,17-21,31-34H2,1-2H3;3-4H,1-2,5-6,10H2/t40-,41-;/m0./s1. The number of ketones is 2. The van der Waals surface area contributed by atoms with Gasteiger partial charge in [-0.3, -0.25) is 63.1 Å². The van der Waals surface area contributed by atoms with Crippen molar-refractivity contribution in [2.24, 2.45) is 20.7 Å². The predicted molar refractivity (Wildman–Crippen MR) is 318 cm³/mol. The van der Waals surface area contributed by atoms with Crippen molar-refractivity contribution in [2.45, 2.75) is 103 Å². The number of aliphatic hydroxyl groups excluding tert-OH is 1. The molecule has 22 heteroatoms. The second-order valence-electron chi connectivity index (χ2n) is 21.3. The summed E-state index contributed by atoms with van der Waals surface area (Å²) in [5, 5.41) is 10.5. The molecule has 0 spiro atoms. The summed E-state index contributed by atoms with van der Waals surface area (Å²) in [5.41, 5.74) is 10.5. The van der Waals surface area contributed by atoms with Gasteiger partial charge in [-0.05, 0) is 130 Å². The highest BCUT2D eigenvalue weighted by Crippen LogP contribution is 2.39. The number of aliphatic imine (C=N–C) groups is 3. The topological polar surface area (TPSA) is 279 Å². The van der Waals surface area contributed by atoms with E-state index in [0.29, 0.717) is 94.9 Å². The second-order valence-corrected chi connectivity index (χ2v) is 21.3. The number of Topliss-reactive ketones (excluding diaryl/α,β-unsaturated/α-hetero) is 2. The molecule has 0 unspecified atom stereocenters. The Morgan fingerprint density at radius 1 is 0.616 bits per heavy atom. The van der Waals surface area contributed by atoms with Crippen LogP contribution in [-0.2, 0) is 48.6 Å². The molecular weight excluding hydrogens is 1100 g/mol. The van der Waals surface area contributed by atoms with Gasteiger partial charge in [-0.1, -0.05) is 0 Å². The van der Waals surface area contributed by atoms with Crippen molar-refractivity contribution in [3.63, 3.8) is 0 Å². The molecule has 2 atom stereocenters. The van der Waals surface area contributed by atoms with Crippen molar-refractivity contribution in [1.82, 2.24) is 19.6 Å². The molecule has 0 aliphatic carbocycles. The lowest BCUT2D eigenvalue weighted by atomic mass is 10.0. The normalized spacial score (nSPS) is 17.8. The first-order valence-electron chi connectivity index (χ1n) is 29.0. The maximum Gasteiger partial charge on any atom is 0.256 e. The van der Waals surface area contributed by atoms with Gasteiger partial charge in [-0.2, -0.15) is 0 Å². The fourth-order valence-corrected chi connectivity index (χ4v) is 10.7. The van der Waals surface area contributed by atoms with Gasteiger partial charge in [0.15, 0.2) is 17.3 Å². The molecule has 0 bridgehead atoms. The number of hydrogen-bond donors (Lipinski definition) is 2. The Balaban J connectivity index is 0.000000555. The summed E-state index contributed by atoms with van der Waals surface area (Å²) in [6.45, 7) is 3.91. The number of benzene rings is 4. The number of amides is 6. The fourth-order valence-electron chi connectivity index (χ4n) is 10.7. The number of methoxy groups -OCH3 is 1. The number of aliphatic hydroxyl groups is 1. The molecule has 3 N–H and O–H groups in total. The molecule has 0 aromatic heterocycles. The Morgan fingerprint density at radius 2 is 1.13 bits per heavy atom. The van der Waals surface area contributed by atoms with Crippen LogP contribution in [0.25, 0.3) is 0 Å². The number of carbonyl (C=O) groups is 8. The number of carbonyl (C=O) groups excluding carboxylic acids is 8. The van der Waals surface area contributed by atoms with Gasteiger partial charge < -0.3 is 44.3 Å². The first kappa shape index (κ1) is 61.4. The van der Waals surface area contributed by atoms with Crippen LogP contribution in [-0.4, -0.2) is 162 Å². The van der Waals surface area contributed by atoms with Crippen LogP contribution in [0, 0.1) is 0 Å². The van der Waals surface area contributed by atoms with Crippen LogP contribution >= 0.6 is 0 Å². The number of ether oxygens (including phenoxy) is 5.